The van der Waals surface area contributed by atoms with Gasteiger partial charge in [-0.3, -0.25) is 0 Å². The van der Waals surface area contributed by atoms with Gasteiger partial charge in [-0.2, -0.15) is 0 Å². The average molecular weight is 260 g/mol. The Kier molecular flexibility index (Phi) is 3.29. The molecule has 3 rings (SSSR count). The van der Waals surface area contributed by atoms with E-state index in [1.54, 1.807) is 10.9 Å². The van der Waals surface area contributed by atoms with Crippen molar-refractivity contribution in [2.45, 2.75) is 24.8 Å². The largest absolute Gasteiger partial charge is 0.389 e. The highest BCUT2D eigenvalue weighted by molar-refractivity contribution is 5.15. The molecule has 6 nitrogen and oxygen atoms in total. The molecule has 3 atom stereocenters. The molecule has 0 saturated carbocycles. The Morgan fingerprint density at radius 2 is 2.05 bits per heavy atom. The van der Waals surface area contributed by atoms with Crippen molar-refractivity contribution in [3.63, 3.8) is 0 Å². The molecule has 1 aromatic carbocycles. The SMILES string of the molecule is O[C@@H]1[C@@H](c2cn(Cc3ccccc3)nn2)NC[C@@H]1O. The first-order valence-corrected chi connectivity index (χ1v) is 6.27. The van der Waals surface area contributed by atoms with Crippen LogP contribution in [0.3, 0.4) is 0 Å². The molecule has 2 aromatic rings. The number of benzene rings is 1. The van der Waals surface area contributed by atoms with Gasteiger partial charge in [-0.25, -0.2) is 4.68 Å². The topological polar surface area (TPSA) is 83.2 Å². The molecule has 0 radical (unpaired) electrons. The molecule has 19 heavy (non-hydrogen) atoms. The third-order valence-electron chi connectivity index (χ3n) is 3.35. The summed E-state index contributed by atoms with van der Waals surface area (Å²) in [6.45, 7) is 1.01. The summed E-state index contributed by atoms with van der Waals surface area (Å²) in [6.07, 6.45) is 0.220. The third-order valence-corrected chi connectivity index (χ3v) is 3.35. The molecule has 0 unspecified atom stereocenters. The van der Waals surface area contributed by atoms with Crippen molar-refractivity contribution in [2.24, 2.45) is 0 Å². The minimum absolute atomic E-state index is 0.348. The van der Waals surface area contributed by atoms with Crippen LogP contribution >= 0.6 is 0 Å². The Labute approximate surface area is 110 Å². The van der Waals surface area contributed by atoms with E-state index in [0.717, 1.165) is 5.56 Å². The maximum atomic E-state index is 9.82. The number of rotatable bonds is 3. The zero-order valence-corrected chi connectivity index (χ0v) is 10.3. The molecule has 0 spiro atoms. The molecule has 1 fully saturated rings. The first-order chi connectivity index (χ1) is 9.24. The second-order valence-electron chi connectivity index (χ2n) is 4.77. The van der Waals surface area contributed by atoms with Crippen molar-refractivity contribution in [1.82, 2.24) is 20.3 Å². The second kappa shape index (κ2) is 5.08. The summed E-state index contributed by atoms with van der Waals surface area (Å²) in [4.78, 5) is 0. The quantitative estimate of drug-likeness (QED) is 0.705. The predicted octanol–water partition coefficient (Wildman–Crippen LogP) is -0.308. The highest BCUT2D eigenvalue weighted by Crippen LogP contribution is 2.22. The molecule has 3 N–H and O–H groups in total. The summed E-state index contributed by atoms with van der Waals surface area (Å²) in [5, 5.41) is 30.5. The van der Waals surface area contributed by atoms with Crippen LogP contribution in [0.15, 0.2) is 36.5 Å². The molecule has 0 amide bonds. The van der Waals surface area contributed by atoms with Crippen molar-refractivity contribution in [3.05, 3.63) is 47.8 Å². The fourth-order valence-electron chi connectivity index (χ4n) is 2.29. The van der Waals surface area contributed by atoms with Gasteiger partial charge in [0.1, 0.15) is 11.8 Å². The standard InChI is InChI=1S/C13H16N4O2/c18-11-6-14-12(13(11)19)10-8-17(16-15-10)7-9-4-2-1-3-5-9/h1-5,8,11-14,18-19H,6-7H2/t11-,12+,13-/m0/s1. The number of nitrogens with zero attached hydrogens (tertiary/aromatic N) is 3. The molecule has 1 saturated heterocycles. The lowest BCUT2D eigenvalue weighted by Crippen LogP contribution is -2.26. The van der Waals surface area contributed by atoms with Crippen LogP contribution in [0.4, 0.5) is 0 Å². The van der Waals surface area contributed by atoms with Crippen LogP contribution in [0, 0.1) is 0 Å². The molecular weight excluding hydrogens is 244 g/mol. The van der Waals surface area contributed by atoms with Gasteiger partial charge in [0.05, 0.1) is 24.9 Å². The van der Waals surface area contributed by atoms with Crippen LogP contribution in [0.5, 0.6) is 0 Å². The molecule has 0 bridgehead atoms. The van der Waals surface area contributed by atoms with E-state index in [9.17, 15) is 10.2 Å². The third kappa shape index (κ3) is 2.51. The molecule has 1 aliphatic heterocycles. The van der Waals surface area contributed by atoms with E-state index in [1.165, 1.54) is 0 Å². The van der Waals surface area contributed by atoms with Crippen LogP contribution in [0.2, 0.25) is 0 Å². The van der Waals surface area contributed by atoms with Crippen molar-refractivity contribution in [3.8, 4) is 0 Å². The maximum Gasteiger partial charge on any atom is 0.102 e. The van der Waals surface area contributed by atoms with Gasteiger partial charge >= 0.3 is 0 Å². The van der Waals surface area contributed by atoms with E-state index in [1.807, 2.05) is 30.3 Å². The Morgan fingerprint density at radius 3 is 2.74 bits per heavy atom. The fraction of sp³-hybridized carbons (Fsp3) is 0.385. The number of hydrogen-bond acceptors (Lipinski definition) is 5. The smallest absolute Gasteiger partial charge is 0.102 e. The first-order valence-electron chi connectivity index (χ1n) is 6.27. The van der Waals surface area contributed by atoms with Gasteiger partial charge in [0, 0.05) is 6.54 Å². The van der Waals surface area contributed by atoms with Crippen molar-refractivity contribution >= 4 is 0 Å². The molecular formula is C13H16N4O2. The minimum atomic E-state index is -0.832. The predicted molar refractivity (Wildman–Crippen MR) is 68.3 cm³/mol. The van der Waals surface area contributed by atoms with Crippen LogP contribution in [-0.4, -0.2) is 44.0 Å². The summed E-state index contributed by atoms with van der Waals surface area (Å²) in [5.74, 6) is 0. The van der Waals surface area contributed by atoms with E-state index in [2.05, 4.69) is 15.6 Å². The zero-order valence-electron chi connectivity index (χ0n) is 10.3. The van der Waals surface area contributed by atoms with Gasteiger partial charge in [-0.1, -0.05) is 35.5 Å². The van der Waals surface area contributed by atoms with Gasteiger partial charge < -0.3 is 15.5 Å². The van der Waals surface area contributed by atoms with Gasteiger partial charge in [-0.05, 0) is 5.56 Å². The lowest BCUT2D eigenvalue weighted by molar-refractivity contribution is 0.0398. The highest BCUT2D eigenvalue weighted by atomic mass is 16.3. The summed E-state index contributed by atoms with van der Waals surface area (Å²) in [6, 6.07) is 9.62. The van der Waals surface area contributed by atoms with Crippen molar-refractivity contribution in [2.75, 3.05) is 6.54 Å². The highest BCUT2D eigenvalue weighted by Gasteiger charge is 2.35. The lowest BCUT2D eigenvalue weighted by Gasteiger charge is -2.12. The minimum Gasteiger partial charge on any atom is -0.389 e. The number of β-amino-alcohol motifs (C(OH)–C–C–N with tert-alkyl or cyclic N) is 1. The normalized spacial score (nSPS) is 26.7. The Bertz CT molecular complexity index is 543. The van der Waals surface area contributed by atoms with Crippen molar-refractivity contribution < 1.29 is 10.2 Å². The summed E-state index contributed by atoms with van der Waals surface area (Å²) >= 11 is 0. The fourth-order valence-corrected chi connectivity index (χ4v) is 2.29. The number of aromatic nitrogens is 3. The Hall–Kier alpha value is -1.76. The number of nitrogens with one attached hydrogen (secondary N) is 1. The van der Waals surface area contributed by atoms with Crippen LogP contribution in [-0.2, 0) is 6.54 Å². The van der Waals surface area contributed by atoms with E-state index in [-0.39, 0.29) is 6.04 Å². The maximum absolute atomic E-state index is 9.82. The number of aliphatic hydroxyl groups is 2. The monoisotopic (exact) mass is 260 g/mol. The molecule has 100 valence electrons. The molecule has 0 aliphatic carbocycles. The van der Waals surface area contributed by atoms with Crippen LogP contribution in [0.25, 0.3) is 0 Å². The van der Waals surface area contributed by atoms with E-state index >= 15 is 0 Å². The average Bonchev–Trinajstić information content (AvgIpc) is 3.00. The molecule has 2 heterocycles. The molecule has 1 aliphatic rings. The van der Waals surface area contributed by atoms with E-state index < -0.39 is 12.2 Å². The summed E-state index contributed by atoms with van der Waals surface area (Å²) in [5.41, 5.74) is 1.79. The van der Waals surface area contributed by atoms with Crippen LogP contribution < -0.4 is 5.32 Å². The number of hydrogen-bond donors (Lipinski definition) is 3. The van der Waals surface area contributed by atoms with Gasteiger partial charge in [0.25, 0.3) is 0 Å². The van der Waals surface area contributed by atoms with Crippen molar-refractivity contribution in [1.29, 1.82) is 0 Å². The van der Waals surface area contributed by atoms with Gasteiger partial charge in [-0.15, -0.1) is 5.10 Å². The molecule has 6 heteroatoms. The summed E-state index contributed by atoms with van der Waals surface area (Å²) < 4.78 is 1.73. The first kappa shape index (κ1) is 12.3. The second-order valence-corrected chi connectivity index (χ2v) is 4.77. The molecule has 1 aromatic heterocycles. The lowest BCUT2D eigenvalue weighted by atomic mass is 10.1. The Balaban J connectivity index is 1.73. The van der Waals surface area contributed by atoms with Gasteiger partial charge in [0.2, 0.25) is 0 Å². The van der Waals surface area contributed by atoms with Crippen LogP contribution in [0.1, 0.15) is 17.3 Å². The van der Waals surface area contributed by atoms with E-state index in [4.69, 9.17) is 0 Å². The summed E-state index contributed by atoms with van der Waals surface area (Å²) in [7, 11) is 0. The number of aliphatic hydroxyl groups excluding tert-OH is 2. The zero-order chi connectivity index (χ0) is 13.2. The Morgan fingerprint density at radius 1 is 1.26 bits per heavy atom. The van der Waals surface area contributed by atoms with Gasteiger partial charge in [0.15, 0.2) is 0 Å². The van der Waals surface area contributed by atoms with E-state index in [0.29, 0.717) is 18.8 Å².